The summed E-state index contributed by atoms with van der Waals surface area (Å²) in [5.41, 5.74) is 1.16. The van der Waals surface area contributed by atoms with Gasteiger partial charge in [-0.05, 0) is 48.8 Å². The minimum Gasteiger partial charge on any atom is -0.347 e. The molecule has 0 bridgehead atoms. The first kappa shape index (κ1) is 19.0. The van der Waals surface area contributed by atoms with E-state index in [1.165, 1.54) is 6.42 Å². The molecule has 5 heteroatoms. The standard InChI is InChI=1S/C19H27BrN2O2/c1-14(2)17(15-6-8-16(20)9-7-15)12-18(23)21-13-19(24)22-10-4-3-5-11-22/h6-9,14,17H,3-5,10-13H2,1-2H3,(H,21,23). The summed E-state index contributed by atoms with van der Waals surface area (Å²) >= 11 is 3.44. The molecule has 1 fully saturated rings. The van der Waals surface area contributed by atoms with Gasteiger partial charge >= 0.3 is 0 Å². The quantitative estimate of drug-likeness (QED) is 0.799. The van der Waals surface area contributed by atoms with E-state index in [9.17, 15) is 9.59 Å². The summed E-state index contributed by atoms with van der Waals surface area (Å²) in [6.45, 7) is 6.01. The summed E-state index contributed by atoms with van der Waals surface area (Å²) in [7, 11) is 0. The molecule has 1 aromatic carbocycles. The van der Waals surface area contributed by atoms with Crippen molar-refractivity contribution in [1.82, 2.24) is 10.2 Å². The van der Waals surface area contributed by atoms with Crippen molar-refractivity contribution >= 4 is 27.7 Å². The van der Waals surface area contributed by atoms with E-state index in [1.807, 2.05) is 17.0 Å². The van der Waals surface area contributed by atoms with Gasteiger partial charge in [0.1, 0.15) is 0 Å². The molecule has 0 radical (unpaired) electrons. The molecule has 132 valence electrons. The van der Waals surface area contributed by atoms with Crippen molar-refractivity contribution < 1.29 is 9.59 Å². The average Bonchev–Trinajstić information content (AvgIpc) is 2.59. The van der Waals surface area contributed by atoms with E-state index in [4.69, 9.17) is 0 Å². The van der Waals surface area contributed by atoms with E-state index < -0.39 is 0 Å². The van der Waals surface area contributed by atoms with Crippen LogP contribution in [0.4, 0.5) is 0 Å². The number of nitrogens with one attached hydrogen (secondary N) is 1. The van der Waals surface area contributed by atoms with Crippen molar-refractivity contribution in [3.63, 3.8) is 0 Å². The summed E-state index contributed by atoms with van der Waals surface area (Å²) in [6.07, 6.45) is 3.74. The Kier molecular flexibility index (Phi) is 7.28. The molecule has 1 heterocycles. The lowest BCUT2D eigenvalue weighted by Gasteiger charge is -2.27. The number of hydrogen-bond donors (Lipinski definition) is 1. The van der Waals surface area contributed by atoms with E-state index in [1.54, 1.807) is 0 Å². The molecule has 24 heavy (non-hydrogen) atoms. The summed E-state index contributed by atoms with van der Waals surface area (Å²) < 4.78 is 1.03. The number of hydrogen-bond acceptors (Lipinski definition) is 2. The maximum Gasteiger partial charge on any atom is 0.241 e. The van der Waals surface area contributed by atoms with Gasteiger partial charge in [-0.25, -0.2) is 0 Å². The highest BCUT2D eigenvalue weighted by Gasteiger charge is 2.21. The van der Waals surface area contributed by atoms with E-state index in [0.717, 1.165) is 36.0 Å². The molecule has 2 rings (SSSR count). The van der Waals surface area contributed by atoms with E-state index in [-0.39, 0.29) is 24.3 Å². The van der Waals surface area contributed by atoms with Crippen LogP contribution in [0.1, 0.15) is 51.0 Å². The topological polar surface area (TPSA) is 49.4 Å². The molecule has 0 spiro atoms. The first-order valence-electron chi connectivity index (χ1n) is 8.77. The van der Waals surface area contributed by atoms with Crippen LogP contribution in [0.25, 0.3) is 0 Å². The van der Waals surface area contributed by atoms with Crippen LogP contribution in [0, 0.1) is 5.92 Å². The molecule has 1 aromatic rings. The third kappa shape index (κ3) is 5.62. The molecule has 1 aliphatic heterocycles. The molecule has 1 atom stereocenters. The van der Waals surface area contributed by atoms with Crippen LogP contribution in [-0.2, 0) is 9.59 Å². The monoisotopic (exact) mass is 394 g/mol. The van der Waals surface area contributed by atoms with Crippen LogP contribution in [-0.4, -0.2) is 36.3 Å². The van der Waals surface area contributed by atoms with Crippen molar-refractivity contribution in [3.05, 3.63) is 34.3 Å². The molecule has 2 amide bonds. The number of carbonyl (C=O) groups excluding carboxylic acids is 2. The number of piperidine rings is 1. The predicted molar refractivity (Wildman–Crippen MR) is 99.8 cm³/mol. The largest absolute Gasteiger partial charge is 0.347 e. The van der Waals surface area contributed by atoms with Crippen LogP contribution < -0.4 is 5.32 Å². The number of halogens is 1. The molecular weight excluding hydrogens is 368 g/mol. The predicted octanol–water partition coefficient (Wildman–Crippen LogP) is 3.71. The van der Waals surface area contributed by atoms with Crippen molar-refractivity contribution in [2.24, 2.45) is 5.92 Å². The molecular formula is C19H27BrN2O2. The highest BCUT2D eigenvalue weighted by molar-refractivity contribution is 9.10. The lowest BCUT2D eigenvalue weighted by Crippen LogP contribution is -2.42. The van der Waals surface area contributed by atoms with Gasteiger partial charge in [0.15, 0.2) is 0 Å². The summed E-state index contributed by atoms with van der Waals surface area (Å²) in [4.78, 5) is 26.3. The third-order valence-corrected chi connectivity index (χ3v) is 5.18. The number of likely N-dealkylation sites (tertiary alicyclic amines) is 1. The molecule has 1 unspecified atom stereocenters. The first-order valence-corrected chi connectivity index (χ1v) is 9.56. The molecule has 0 aromatic heterocycles. The zero-order chi connectivity index (χ0) is 17.5. The van der Waals surface area contributed by atoms with Gasteiger partial charge in [0, 0.05) is 24.0 Å². The normalized spacial score (nSPS) is 16.1. The number of rotatable bonds is 6. The highest BCUT2D eigenvalue weighted by atomic mass is 79.9. The van der Waals surface area contributed by atoms with Crippen molar-refractivity contribution in [1.29, 1.82) is 0 Å². The van der Waals surface area contributed by atoms with Gasteiger partial charge in [-0.1, -0.05) is 41.9 Å². The van der Waals surface area contributed by atoms with Crippen molar-refractivity contribution in [2.45, 2.75) is 45.4 Å². The number of benzene rings is 1. The Balaban J connectivity index is 1.86. The Morgan fingerprint density at radius 2 is 1.75 bits per heavy atom. The van der Waals surface area contributed by atoms with Gasteiger partial charge in [-0.3, -0.25) is 9.59 Å². The molecule has 1 aliphatic rings. The third-order valence-electron chi connectivity index (χ3n) is 4.65. The Labute approximate surface area is 153 Å². The van der Waals surface area contributed by atoms with Gasteiger partial charge in [0.25, 0.3) is 0 Å². The maximum absolute atomic E-state index is 12.3. The number of amides is 2. The zero-order valence-electron chi connectivity index (χ0n) is 14.6. The molecule has 0 saturated carbocycles. The van der Waals surface area contributed by atoms with Gasteiger partial charge in [-0.15, -0.1) is 0 Å². The summed E-state index contributed by atoms with van der Waals surface area (Å²) in [5.74, 6) is 0.493. The second-order valence-electron chi connectivity index (χ2n) is 6.82. The smallest absolute Gasteiger partial charge is 0.241 e. The van der Waals surface area contributed by atoms with Crippen LogP contribution in [0.15, 0.2) is 28.7 Å². The molecule has 1 N–H and O–H groups in total. The fraction of sp³-hybridized carbons (Fsp3) is 0.579. The van der Waals surface area contributed by atoms with Crippen molar-refractivity contribution in [2.75, 3.05) is 19.6 Å². The van der Waals surface area contributed by atoms with E-state index in [2.05, 4.69) is 47.2 Å². The lowest BCUT2D eigenvalue weighted by atomic mass is 9.85. The van der Waals surface area contributed by atoms with Crippen LogP contribution in [0.5, 0.6) is 0 Å². The highest BCUT2D eigenvalue weighted by Crippen LogP contribution is 2.28. The van der Waals surface area contributed by atoms with Gasteiger partial charge in [0.05, 0.1) is 6.54 Å². The second-order valence-corrected chi connectivity index (χ2v) is 7.74. The Bertz CT molecular complexity index is 551. The fourth-order valence-corrected chi connectivity index (χ4v) is 3.41. The second kappa shape index (κ2) is 9.21. The first-order chi connectivity index (χ1) is 11.5. The van der Waals surface area contributed by atoms with Crippen LogP contribution in [0.3, 0.4) is 0 Å². The summed E-state index contributed by atoms with van der Waals surface area (Å²) in [5, 5.41) is 2.81. The van der Waals surface area contributed by atoms with Gasteiger partial charge in [-0.2, -0.15) is 0 Å². The fourth-order valence-electron chi connectivity index (χ4n) is 3.15. The Morgan fingerprint density at radius 1 is 1.12 bits per heavy atom. The average molecular weight is 395 g/mol. The number of nitrogens with zero attached hydrogens (tertiary/aromatic N) is 1. The Hall–Kier alpha value is -1.36. The lowest BCUT2D eigenvalue weighted by molar-refractivity contribution is -0.133. The maximum atomic E-state index is 12.3. The minimum atomic E-state index is -0.0537. The van der Waals surface area contributed by atoms with Crippen LogP contribution >= 0.6 is 15.9 Å². The SMILES string of the molecule is CC(C)C(CC(=O)NCC(=O)N1CCCCC1)c1ccc(Br)cc1. The zero-order valence-corrected chi connectivity index (χ0v) is 16.1. The number of carbonyl (C=O) groups is 2. The van der Waals surface area contributed by atoms with E-state index in [0.29, 0.717) is 12.3 Å². The molecule has 1 saturated heterocycles. The Morgan fingerprint density at radius 3 is 2.33 bits per heavy atom. The van der Waals surface area contributed by atoms with Gasteiger partial charge < -0.3 is 10.2 Å². The van der Waals surface area contributed by atoms with Gasteiger partial charge in [0.2, 0.25) is 11.8 Å². The van der Waals surface area contributed by atoms with E-state index >= 15 is 0 Å². The summed E-state index contributed by atoms with van der Waals surface area (Å²) in [6, 6.07) is 8.12. The van der Waals surface area contributed by atoms with Crippen LogP contribution in [0.2, 0.25) is 0 Å². The minimum absolute atomic E-state index is 0.0350. The van der Waals surface area contributed by atoms with Crippen molar-refractivity contribution in [3.8, 4) is 0 Å². The molecule has 0 aliphatic carbocycles. The molecule has 4 nitrogen and oxygen atoms in total.